The van der Waals surface area contributed by atoms with Gasteiger partial charge in [-0.1, -0.05) is 30.3 Å². The number of carbonyl (C=O) groups is 1. The van der Waals surface area contributed by atoms with Crippen LogP contribution in [0, 0.1) is 0 Å². The Morgan fingerprint density at radius 3 is 2.17 bits per heavy atom. The average Bonchev–Trinajstić information content (AvgIpc) is 2.85. The van der Waals surface area contributed by atoms with Crippen LogP contribution in [0.15, 0.2) is 54.6 Å². The van der Waals surface area contributed by atoms with E-state index in [9.17, 15) is 4.79 Å². The van der Waals surface area contributed by atoms with Crippen LogP contribution >= 0.6 is 0 Å². The highest BCUT2D eigenvalue weighted by Crippen LogP contribution is 2.10. The van der Waals surface area contributed by atoms with Crippen molar-refractivity contribution in [3.63, 3.8) is 0 Å². The molecular weight excluding hydrogens is 284 g/mol. The topological polar surface area (TPSA) is 33.5 Å². The van der Waals surface area contributed by atoms with Gasteiger partial charge in [0.15, 0.2) is 0 Å². The highest BCUT2D eigenvalue weighted by atomic mass is 16.1. The zero-order valence-corrected chi connectivity index (χ0v) is 13.6. The van der Waals surface area contributed by atoms with Gasteiger partial charge in [0.1, 0.15) is 6.54 Å². The van der Waals surface area contributed by atoms with Gasteiger partial charge in [-0.2, -0.15) is 0 Å². The van der Waals surface area contributed by atoms with Crippen LogP contribution in [0.4, 0.5) is 5.69 Å². The number of anilines is 1. The Hall–Kier alpha value is -2.13. The van der Waals surface area contributed by atoms with Crippen molar-refractivity contribution in [1.82, 2.24) is 0 Å². The molecule has 0 aromatic heterocycles. The van der Waals surface area contributed by atoms with E-state index in [4.69, 9.17) is 0 Å². The summed E-state index contributed by atoms with van der Waals surface area (Å²) in [6.45, 7) is 3.62. The highest BCUT2D eigenvalue weighted by molar-refractivity contribution is 6.04. The molecule has 2 aromatic carbocycles. The minimum absolute atomic E-state index is 0.0510. The number of hydrogen-bond donors (Lipinski definition) is 2. The van der Waals surface area contributed by atoms with E-state index in [1.807, 2.05) is 42.5 Å². The molecule has 0 aliphatic carbocycles. The molecular formula is C20H25N2O+. The van der Waals surface area contributed by atoms with Crippen molar-refractivity contribution < 1.29 is 9.69 Å². The third-order valence-corrected chi connectivity index (χ3v) is 4.51. The van der Waals surface area contributed by atoms with E-state index in [-0.39, 0.29) is 5.91 Å². The van der Waals surface area contributed by atoms with Crippen molar-refractivity contribution in [3.05, 3.63) is 65.7 Å². The van der Waals surface area contributed by atoms with Gasteiger partial charge in [-0.3, -0.25) is 4.79 Å². The van der Waals surface area contributed by atoms with Crippen molar-refractivity contribution in [1.29, 1.82) is 0 Å². The second-order valence-electron chi connectivity index (χ2n) is 6.36. The maximum Gasteiger partial charge on any atom is 0.255 e. The molecule has 3 rings (SSSR count). The van der Waals surface area contributed by atoms with E-state index in [0.29, 0.717) is 5.56 Å². The maximum atomic E-state index is 12.2. The molecule has 1 amide bonds. The van der Waals surface area contributed by atoms with Gasteiger partial charge >= 0.3 is 0 Å². The SMILES string of the molecule is O=C(Nc1ccccc1)c1ccc(C[NH+]2CCCCCC2)cc1. The van der Waals surface area contributed by atoms with Crippen molar-refractivity contribution in [3.8, 4) is 0 Å². The fourth-order valence-corrected chi connectivity index (χ4v) is 3.19. The van der Waals surface area contributed by atoms with Gasteiger partial charge in [0, 0.05) is 16.8 Å². The Kier molecular flexibility index (Phi) is 5.43. The fraction of sp³-hybridized carbons (Fsp3) is 0.350. The van der Waals surface area contributed by atoms with Crippen LogP contribution in [-0.4, -0.2) is 19.0 Å². The summed E-state index contributed by atoms with van der Waals surface area (Å²) in [4.78, 5) is 13.9. The number of carbonyl (C=O) groups excluding carboxylic acids is 1. The van der Waals surface area contributed by atoms with Crippen LogP contribution in [0.1, 0.15) is 41.6 Å². The molecule has 1 aliphatic heterocycles. The summed E-state index contributed by atoms with van der Waals surface area (Å²) in [5.41, 5.74) is 2.86. The van der Waals surface area contributed by atoms with Gasteiger partial charge in [0.2, 0.25) is 0 Å². The Balaban J connectivity index is 1.59. The van der Waals surface area contributed by atoms with Crippen molar-refractivity contribution in [2.24, 2.45) is 0 Å². The fourth-order valence-electron chi connectivity index (χ4n) is 3.19. The van der Waals surface area contributed by atoms with Gasteiger partial charge in [-0.25, -0.2) is 0 Å². The van der Waals surface area contributed by atoms with E-state index >= 15 is 0 Å². The van der Waals surface area contributed by atoms with Crippen molar-refractivity contribution >= 4 is 11.6 Å². The molecule has 1 saturated heterocycles. The third kappa shape index (κ3) is 4.67. The predicted molar refractivity (Wildman–Crippen MR) is 93.7 cm³/mol. The molecule has 0 atom stereocenters. The molecule has 0 unspecified atom stereocenters. The van der Waals surface area contributed by atoms with E-state index in [1.165, 1.54) is 44.3 Å². The molecule has 1 heterocycles. The van der Waals surface area contributed by atoms with Crippen LogP contribution in [0.25, 0.3) is 0 Å². The number of likely N-dealkylation sites (tertiary alicyclic amines) is 1. The van der Waals surface area contributed by atoms with E-state index < -0.39 is 0 Å². The minimum atomic E-state index is -0.0510. The number of benzene rings is 2. The zero-order chi connectivity index (χ0) is 15.9. The molecule has 1 aliphatic rings. The zero-order valence-electron chi connectivity index (χ0n) is 13.6. The molecule has 23 heavy (non-hydrogen) atoms. The molecule has 0 spiro atoms. The lowest BCUT2D eigenvalue weighted by molar-refractivity contribution is -0.913. The number of rotatable bonds is 4. The highest BCUT2D eigenvalue weighted by Gasteiger charge is 2.13. The normalized spacial score (nSPS) is 15.8. The maximum absolute atomic E-state index is 12.2. The predicted octanol–water partition coefficient (Wildman–Crippen LogP) is 2.90. The summed E-state index contributed by atoms with van der Waals surface area (Å²) in [7, 11) is 0. The second-order valence-corrected chi connectivity index (χ2v) is 6.36. The lowest BCUT2D eigenvalue weighted by atomic mass is 10.1. The minimum Gasteiger partial charge on any atom is -0.331 e. The molecule has 0 radical (unpaired) electrons. The molecule has 120 valence electrons. The first-order valence-corrected chi connectivity index (χ1v) is 8.60. The standard InChI is InChI=1S/C20H24N2O/c23-20(21-19-8-4-3-5-9-19)18-12-10-17(11-13-18)16-22-14-6-1-2-7-15-22/h3-5,8-13H,1-2,6-7,14-16H2,(H,21,23)/p+1. The summed E-state index contributed by atoms with van der Waals surface area (Å²) in [6, 6.07) is 17.6. The molecule has 2 N–H and O–H groups in total. The molecule has 0 saturated carbocycles. The van der Waals surface area contributed by atoms with Gasteiger partial charge in [-0.05, 0) is 49.9 Å². The molecule has 0 bridgehead atoms. The Bertz CT molecular complexity index is 614. The van der Waals surface area contributed by atoms with Gasteiger partial charge in [0.05, 0.1) is 13.1 Å². The number of amides is 1. The Labute approximate surface area is 138 Å². The van der Waals surface area contributed by atoms with Crippen LogP contribution < -0.4 is 10.2 Å². The first kappa shape index (κ1) is 15.8. The molecule has 3 nitrogen and oxygen atoms in total. The number of hydrogen-bond acceptors (Lipinski definition) is 1. The Morgan fingerprint density at radius 2 is 1.52 bits per heavy atom. The van der Waals surface area contributed by atoms with Crippen molar-refractivity contribution in [2.75, 3.05) is 18.4 Å². The smallest absolute Gasteiger partial charge is 0.255 e. The van der Waals surface area contributed by atoms with Crippen LogP contribution in [0.5, 0.6) is 0 Å². The molecule has 1 fully saturated rings. The first-order chi connectivity index (χ1) is 11.3. The summed E-state index contributed by atoms with van der Waals surface area (Å²) in [5, 5.41) is 2.92. The average molecular weight is 309 g/mol. The summed E-state index contributed by atoms with van der Waals surface area (Å²) in [6.07, 6.45) is 5.43. The third-order valence-electron chi connectivity index (χ3n) is 4.51. The van der Waals surface area contributed by atoms with E-state index in [2.05, 4.69) is 17.4 Å². The number of quaternary nitrogens is 1. The van der Waals surface area contributed by atoms with Crippen LogP contribution in [-0.2, 0) is 6.54 Å². The first-order valence-electron chi connectivity index (χ1n) is 8.60. The largest absolute Gasteiger partial charge is 0.331 e. The van der Waals surface area contributed by atoms with Gasteiger partial charge in [0.25, 0.3) is 5.91 Å². The quantitative estimate of drug-likeness (QED) is 0.894. The number of nitrogens with one attached hydrogen (secondary N) is 2. The summed E-state index contributed by atoms with van der Waals surface area (Å²) < 4.78 is 0. The summed E-state index contributed by atoms with van der Waals surface area (Å²) >= 11 is 0. The Morgan fingerprint density at radius 1 is 0.870 bits per heavy atom. The molecule has 2 aromatic rings. The molecule has 3 heteroatoms. The van der Waals surface area contributed by atoms with Crippen molar-refractivity contribution in [2.45, 2.75) is 32.2 Å². The van der Waals surface area contributed by atoms with Crippen LogP contribution in [0.3, 0.4) is 0 Å². The van der Waals surface area contributed by atoms with Gasteiger partial charge in [-0.15, -0.1) is 0 Å². The summed E-state index contributed by atoms with van der Waals surface area (Å²) in [5.74, 6) is -0.0510. The lowest BCUT2D eigenvalue weighted by Gasteiger charge is -2.17. The number of para-hydroxylation sites is 1. The van der Waals surface area contributed by atoms with Gasteiger partial charge < -0.3 is 10.2 Å². The van der Waals surface area contributed by atoms with Crippen LogP contribution in [0.2, 0.25) is 0 Å². The lowest BCUT2D eigenvalue weighted by Crippen LogP contribution is -3.10. The van der Waals surface area contributed by atoms with E-state index in [0.717, 1.165) is 12.2 Å². The van der Waals surface area contributed by atoms with E-state index in [1.54, 1.807) is 4.90 Å². The monoisotopic (exact) mass is 309 g/mol. The second kappa shape index (κ2) is 7.93.